The summed E-state index contributed by atoms with van der Waals surface area (Å²) in [5, 5.41) is 0.821. The Labute approximate surface area is 167 Å². The van der Waals surface area contributed by atoms with Crippen LogP contribution in [0.15, 0.2) is 28.7 Å². The van der Waals surface area contributed by atoms with E-state index in [2.05, 4.69) is 4.98 Å². The van der Waals surface area contributed by atoms with Crippen LogP contribution in [0.4, 0.5) is 4.79 Å². The normalized spacial score (nSPS) is 11.9. The Balaban J connectivity index is 2.16. The van der Waals surface area contributed by atoms with E-state index < -0.39 is 16.5 Å². The number of benzene rings is 1. The number of para-hydroxylation sites is 1. The van der Waals surface area contributed by atoms with Crippen LogP contribution in [-0.4, -0.2) is 26.0 Å². The number of carbonyl (C=O) groups excluding carboxylic acids is 1. The molecule has 3 aromatic rings. The summed E-state index contributed by atoms with van der Waals surface area (Å²) in [5.74, 6) is 0.625. The van der Waals surface area contributed by atoms with Gasteiger partial charge in [-0.3, -0.25) is 0 Å². The molecular formula is C15H9Cl5N2O3. The van der Waals surface area contributed by atoms with Crippen molar-refractivity contribution >= 4 is 75.0 Å². The molecule has 0 aliphatic heterocycles. The molecule has 2 aromatic heterocycles. The van der Waals surface area contributed by atoms with Crippen LogP contribution in [0.3, 0.4) is 0 Å². The van der Waals surface area contributed by atoms with E-state index in [1.807, 2.05) is 0 Å². The van der Waals surface area contributed by atoms with Crippen LogP contribution in [0.1, 0.15) is 5.89 Å². The van der Waals surface area contributed by atoms with Gasteiger partial charge in [-0.1, -0.05) is 76.2 Å². The number of fused-ring (bicyclic) bond motifs is 1. The molecule has 0 saturated carbocycles. The van der Waals surface area contributed by atoms with Gasteiger partial charge in [0, 0.05) is 12.3 Å². The molecule has 0 fully saturated rings. The first-order valence-corrected chi connectivity index (χ1v) is 8.74. The highest BCUT2D eigenvalue weighted by Gasteiger charge is 2.28. The third-order valence-corrected chi connectivity index (χ3v) is 4.22. The first-order chi connectivity index (χ1) is 11.7. The first-order valence-electron chi connectivity index (χ1n) is 6.85. The lowest BCUT2D eigenvalue weighted by Gasteiger charge is -2.12. The van der Waals surface area contributed by atoms with E-state index in [1.165, 1.54) is 0 Å². The summed E-state index contributed by atoms with van der Waals surface area (Å²) in [6.07, 6.45) is -0.800. The highest BCUT2D eigenvalue weighted by molar-refractivity contribution is 6.67. The van der Waals surface area contributed by atoms with E-state index in [0.717, 1.165) is 4.57 Å². The molecule has 3 rings (SSSR count). The van der Waals surface area contributed by atoms with Crippen LogP contribution in [0.25, 0.3) is 22.2 Å². The molecule has 0 atom stereocenters. The fraction of sp³-hybridized carbons (Fsp3) is 0.200. The summed E-state index contributed by atoms with van der Waals surface area (Å²) in [5.41, 5.74) is 0.913. The second-order valence-electron chi connectivity index (χ2n) is 5.04. The molecule has 0 unspecified atom stereocenters. The van der Waals surface area contributed by atoms with Gasteiger partial charge in [0.1, 0.15) is 11.8 Å². The standard InChI is InChI=1S/C15H9Cl5N2O3/c1-7-21-12(16)11(25-7)10-8-4-2-3-5-9(8)22(13(10)17)14(23)24-6-15(18,19)20/h2-5H,6H2,1H3. The number of oxazole rings is 1. The number of ether oxygens (including phenoxy) is 1. The van der Waals surface area contributed by atoms with Gasteiger partial charge in [0.15, 0.2) is 16.8 Å². The van der Waals surface area contributed by atoms with Crippen molar-refractivity contribution in [3.05, 3.63) is 40.5 Å². The Bertz CT molecular complexity index is 958. The molecule has 25 heavy (non-hydrogen) atoms. The maximum atomic E-state index is 12.5. The molecule has 1 aromatic carbocycles. The number of halogens is 5. The zero-order chi connectivity index (χ0) is 18.4. The minimum Gasteiger partial charge on any atom is -0.444 e. The summed E-state index contributed by atoms with van der Waals surface area (Å²) in [4.78, 5) is 16.5. The molecule has 0 radical (unpaired) electrons. The van der Waals surface area contributed by atoms with Gasteiger partial charge in [0.25, 0.3) is 0 Å². The van der Waals surface area contributed by atoms with Crippen LogP contribution in [0, 0.1) is 6.92 Å². The molecule has 5 nitrogen and oxygen atoms in total. The Morgan fingerprint density at radius 2 is 1.96 bits per heavy atom. The molecule has 10 heteroatoms. The second-order valence-corrected chi connectivity index (χ2v) is 8.27. The molecular weight excluding hydrogens is 433 g/mol. The van der Waals surface area contributed by atoms with Gasteiger partial charge in [0.05, 0.1) is 11.1 Å². The monoisotopic (exact) mass is 440 g/mol. The van der Waals surface area contributed by atoms with Crippen LogP contribution < -0.4 is 0 Å². The quantitative estimate of drug-likeness (QED) is 0.439. The van der Waals surface area contributed by atoms with Crippen molar-refractivity contribution in [2.24, 2.45) is 0 Å². The summed E-state index contributed by atoms with van der Waals surface area (Å²) in [7, 11) is 0. The van der Waals surface area contributed by atoms with E-state index in [1.54, 1.807) is 31.2 Å². The molecule has 0 aliphatic carbocycles. The molecule has 132 valence electrons. The minimum atomic E-state index is -1.74. The third kappa shape index (κ3) is 3.71. The first kappa shape index (κ1) is 18.7. The maximum absolute atomic E-state index is 12.5. The number of nitrogens with zero attached hydrogens (tertiary/aromatic N) is 2. The van der Waals surface area contributed by atoms with E-state index in [0.29, 0.717) is 22.4 Å². The Morgan fingerprint density at radius 1 is 1.28 bits per heavy atom. The van der Waals surface area contributed by atoms with Gasteiger partial charge in [-0.15, -0.1) is 0 Å². The summed E-state index contributed by atoms with van der Waals surface area (Å²) in [6, 6.07) is 6.99. The van der Waals surface area contributed by atoms with E-state index >= 15 is 0 Å². The minimum absolute atomic E-state index is 0.0496. The predicted octanol–water partition coefficient (Wildman–Crippen LogP) is 6.27. The van der Waals surface area contributed by atoms with Crippen LogP contribution in [0.2, 0.25) is 10.3 Å². The van der Waals surface area contributed by atoms with Crippen molar-refractivity contribution in [2.45, 2.75) is 10.7 Å². The van der Waals surface area contributed by atoms with E-state index in [-0.39, 0.29) is 16.1 Å². The van der Waals surface area contributed by atoms with Gasteiger partial charge in [-0.2, -0.15) is 0 Å². The highest BCUT2D eigenvalue weighted by atomic mass is 35.6. The topological polar surface area (TPSA) is 57.3 Å². The van der Waals surface area contributed by atoms with Crippen molar-refractivity contribution in [3.63, 3.8) is 0 Å². The predicted molar refractivity (Wildman–Crippen MR) is 99.2 cm³/mol. The van der Waals surface area contributed by atoms with Gasteiger partial charge in [0.2, 0.25) is 3.79 Å². The number of rotatable bonds is 2. The number of aromatic nitrogens is 2. The molecule has 0 bridgehead atoms. The van der Waals surface area contributed by atoms with Crippen molar-refractivity contribution < 1.29 is 13.9 Å². The van der Waals surface area contributed by atoms with Crippen molar-refractivity contribution in [3.8, 4) is 11.3 Å². The third-order valence-electron chi connectivity index (χ3n) is 3.28. The number of hydrogen-bond acceptors (Lipinski definition) is 4. The number of carbonyl (C=O) groups is 1. The van der Waals surface area contributed by atoms with Crippen molar-refractivity contribution in [2.75, 3.05) is 6.61 Å². The Kier molecular flexibility index (Phi) is 5.15. The largest absolute Gasteiger partial charge is 0.444 e. The summed E-state index contributed by atoms with van der Waals surface area (Å²) in [6.45, 7) is 1.22. The van der Waals surface area contributed by atoms with Crippen LogP contribution >= 0.6 is 58.0 Å². The average molecular weight is 443 g/mol. The number of alkyl halides is 3. The lowest BCUT2D eigenvalue weighted by atomic mass is 10.1. The fourth-order valence-corrected chi connectivity index (χ4v) is 3.13. The van der Waals surface area contributed by atoms with Crippen molar-refractivity contribution in [1.29, 1.82) is 0 Å². The van der Waals surface area contributed by atoms with Gasteiger partial charge < -0.3 is 9.15 Å². The Morgan fingerprint density at radius 3 is 2.56 bits per heavy atom. The second kappa shape index (κ2) is 6.89. The van der Waals surface area contributed by atoms with Crippen LogP contribution in [0.5, 0.6) is 0 Å². The van der Waals surface area contributed by atoms with E-state index in [4.69, 9.17) is 67.2 Å². The van der Waals surface area contributed by atoms with Gasteiger partial charge in [-0.25, -0.2) is 14.3 Å². The number of aryl methyl sites for hydroxylation is 1. The van der Waals surface area contributed by atoms with Gasteiger partial charge >= 0.3 is 6.09 Å². The van der Waals surface area contributed by atoms with Crippen LogP contribution in [-0.2, 0) is 4.74 Å². The molecule has 0 spiro atoms. The highest BCUT2D eigenvalue weighted by Crippen LogP contribution is 2.41. The molecule has 0 aliphatic rings. The van der Waals surface area contributed by atoms with Crippen molar-refractivity contribution in [1.82, 2.24) is 9.55 Å². The molecule has 2 heterocycles. The molecule has 0 amide bonds. The van der Waals surface area contributed by atoms with E-state index in [9.17, 15) is 4.79 Å². The summed E-state index contributed by atoms with van der Waals surface area (Å²) >= 11 is 29.4. The zero-order valence-electron chi connectivity index (χ0n) is 12.5. The summed E-state index contributed by atoms with van der Waals surface area (Å²) < 4.78 is 9.98. The molecule has 0 saturated heterocycles. The SMILES string of the molecule is Cc1nc(Cl)c(-c2c(Cl)n(C(=O)OCC(Cl)(Cl)Cl)c3ccccc23)o1. The van der Waals surface area contributed by atoms with Gasteiger partial charge in [-0.05, 0) is 6.07 Å². The number of hydrogen-bond donors (Lipinski definition) is 0. The Hall–Kier alpha value is -1.11. The smallest absolute Gasteiger partial charge is 0.419 e. The maximum Gasteiger partial charge on any atom is 0.419 e. The lowest BCUT2D eigenvalue weighted by Crippen LogP contribution is -2.21. The average Bonchev–Trinajstić information content (AvgIpc) is 2.99. The zero-order valence-corrected chi connectivity index (χ0v) is 16.3. The fourth-order valence-electron chi connectivity index (χ4n) is 2.37. The molecule has 0 N–H and O–H groups in total. The lowest BCUT2D eigenvalue weighted by molar-refractivity contribution is 0.151.